The van der Waals surface area contributed by atoms with E-state index in [0.29, 0.717) is 14.1 Å². The molecule has 60 heavy (non-hydrogen) atoms. The summed E-state index contributed by atoms with van der Waals surface area (Å²) >= 11 is 0. The minimum absolute atomic E-state index is 0.538. The highest BCUT2D eigenvalue weighted by molar-refractivity contribution is 5.65. The Kier molecular flexibility index (Phi) is 13.9. The van der Waals surface area contributed by atoms with Gasteiger partial charge < -0.3 is 19.5 Å². The number of rotatable bonds is 20. The van der Waals surface area contributed by atoms with Crippen LogP contribution in [0.1, 0.15) is 6.42 Å². The van der Waals surface area contributed by atoms with Crippen molar-refractivity contribution in [2.24, 2.45) is 0 Å². The van der Waals surface area contributed by atoms with E-state index in [1.807, 2.05) is 0 Å². The fraction of sp³-hybridized carbons (Fsp3) is 0.957. The highest BCUT2D eigenvalue weighted by Crippen LogP contribution is 2.70. The molecule has 1 unspecified atom stereocenters. The molecule has 0 radical (unpaired) electrons. The number of hydrogen-bond donors (Lipinski definition) is 1. The van der Waals surface area contributed by atoms with Crippen LogP contribution in [-0.4, -0.2) is 144 Å². The van der Waals surface area contributed by atoms with E-state index in [4.69, 9.17) is 0 Å². The molecule has 0 spiro atoms. The number of aliphatic carboxylic acids is 1. The van der Waals surface area contributed by atoms with E-state index in [1.54, 1.807) is 0 Å². The van der Waals surface area contributed by atoms with Crippen molar-refractivity contribution in [2.75, 3.05) is 27.2 Å². The zero-order valence-electron chi connectivity index (χ0n) is 27.4. The van der Waals surface area contributed by atoms with Gasteiger partial charge in [0, 0.05) is 6.42 Å². The number of quaternary nitrogens is 1. The van der Waals surface area contributed by atoms with Crippen LogP contribution in [0.25, 0.3) is 0 Å². The van der Waals surface area contributed by atoms with Gasteiger partial charge in [0.1, 0.15) is 19.2 Å². The van der Waals surface area contributed by atoms with Gasteiger partial charge in [0.2, 0.25) is 0 Å². The normalized spacial score (nSPS) is 17.3. The molecule has 37 heteroatoms. The maximum Gasteiger partial charge on any atom is 0.460 e. The lowest BCUT2D eigenvalue weighted by atomic mass is 9.82. The molecule has 0 rings (SSSR count). The van der Waals surface area contributed by atoms with Gasteiger partial charge in [0.15, 0.2) is 0 Å². The maximum absolute atomic E-state index is 14.1. The number of alkyl halides is 33. The summed E-state index contributed by atoms with van der Waals surface area (Å²) in [6, 6.07) is 0. The number of aliphatic hydroxyl groups is 1. The van der Waals surface area contributed by atoms with Crippen molar-refractivity contribution in [3.63, 3.8) is 0 Å². The highest BCUT2D eigenvalue weighted by Gasteiger charge is 3.01. The van der Waals surface area contributed by atoms with Crippen molar-refractivity contribution < 1.29 is 164 Å². The molecule has 0 bridgehead atoms. The molecule has 0 aromatic heterocycles. The summed E-state index contributed by atoms with van der Waals surface area (Å²) in [5.74, 6) is -146. The van der Waals surface area contributed by atoms with E-state index in [0.717, 1.165) is 0 Å². The van der Waals surface area contributed by atoms with Crippen LogP contribution >= 0.6 is 0 Å². The highest BCUT2D eigenvalue weighted by atomic mass is 19.4. The number of carbonyl (C=O) groups is 1. The lowest BCUT2D eigenvalue weighted by Gasteiger charge is -2.47. The van der Waals surface area contributed by atoms with Gasteiger partial charge in [-0.15, -0.1) is 0 Å². The summed E-state index contributed by atoms with van der Waals surface area (Å²) in [4.78, 5) is 10.6. The molecule has 0 fully saturated rings. The van der Waals surface area contributed by atoms with Gasteiger partial charge in [-0.25, -0.2) is 0 Å². The van der Waals surface area contributed by atoms with Crippen molar-refractivity contribution in [3.8, 4) is 0 Å². The van der Waals surface area contributed by atoms with E-state index in [2.05, 4.69) is 0 Å². The SMILES string of the molecule is C[N+](C)(CC(=O)[O-])CC(O)CC(F)(F)C(F)(F)C(F)(F)C(F)(F)C(F)(F)C(F)(F)C(F)(F)C(F)(F)C(F)(F)C(F)(F)C(F)(F)C(F)(F)C(F)(F)C(F)(F)C(F)(F)C(F)(F)F. The van der Waals surface area contributed by atoms with Crippen molar-refractivity contribution >= 4 is 5.97 Å². The maximum atomic E-state index is 14.1. The fourth-order valence-corrected chi connectivity index (χ4v) is 4.25. The van der Waals surface area contributed by atoms with Gasteiger partial charge in [-0.1, -0.05) is 0 Å². The molecular weight excluding hydrogens is 965 g/mol. The van der Waals surface area contributed by atoms with Gasteiger partial charge >= 0.3 is 95.0 Å². The van der Waals surface area contributed by atoms with Crippen molar-refractivity contribution in [2.45, 2.75) is 108 Å². The monoisotopic (exact) mass is 979 g/mol. The van der Waals surface area contributed by atoms with Crippen LogP contribution in [0.3, 0.4) is 0 Å². The van der Waals surface area contributed by atoms with Crippen LogP contribution in [0.2, 0.25) is 0 Å². The quantitative estimate of drug-likeness (QED) is 0.0983. The van der Waals surface area contributed by atoms with Gasteiger partial charge in [-0.2, -0.15) is 145 Å². The molecule has 0 saturated carbocycles. The summed E-state index contributed by atoms with van der Waals surface area (Å²) < 4.78 is 450. The number of carbonyl (C=O) groups excluding carboxylic acids is 1. The first kappa shape index (κ1) is 57.1. The number of hydrogen-bond acceptors (Lipinski definition) is 3. The zero-order valence-corrected chi connectivity index (χ0v) is 27.4. The van der Waals surface area contributed by atoms with Crippen molar-refractivity contribution in [1.82, 2.24) is 0 Å². The average Bonchev–Trinajstić information content (AvgIpc) is 2.97. The molecule has 1 N–H and O–H groups in total. The minimum atomic E-state index is -10.3. The second kappa shape index (κ2) is 14.6. The Balaban J connectivity index is 7.58. The Labute approximate surface area is 306 Å². The molecule has 0 amide bonds. The topological polar surface area (TPSA) is 60.4 Å². The molecule has 4 nitrogen and oxygen atoms in total. The largest absolute Gasteiger partial charge is 0.544 e. The van der Waals surface area contributed by atoms with Gasteiger partial charge in [-0.05, 0) is 0 Å². The summed E-state index contributed by atoms with van der Waals surface area (Å²) in [5.41, 5.74) is 0. The van der Waals surface area contributed by atoms with Crippen LogP contribution in [-0.2, 0) is 4.79 Å². The average molecular weight is 979 g/mol. The number of aliphatic hydroxyl groups excluding tert-OH is 1. The van der Waals surface area contributed by atoms with Crippen LogP contribution in [0.5, 0.6) is 0 Å². The molecule has 0 heterocycles. The lowest BCUT2D eigenvalue weighted by molar-refractivity contribution is -0.888. The molecule has 1 atom stereocenters. The summed E-state index contributed by atoms with van der Waals surface area (Å²) in [5, 5.41) is 20.0. The fourth-order valence-electron chi connectivity index (χ4n) is 4.25. The molecule has 360 valence electrons. The molecule has 0 aliphatic carbocycles. The molecule has 0 aliphatic rings. The summed E-state index contributed by atoms with van der Waals surface area (Å²) in [6.45, 7) is -3.16. The first-order valence-electron chi connectivity index (χ1n) is 13.7. The molecule has 0 aromatic carbocycles. The standard InChI is InChI=1S/C23H14F33NO3/c1-57(2,5-7(59)60)4-6(58)3-8(24,25)9(26,27)10(28,29)11(30,31)12(32,33)13(34,35)14(36,37)15(38,39)16(40,41)17(42,43)18(44,45)19(46,47)20(48,49)21(50,51)22(52,53)23(54,55)56/h6,58H,3-5H2,1-2H3. The van der Waals surface area contributed by atoms with E-state index in [1.165, 1.54) is 0 Å². The van der Waals surface area contributed by atoms with Crippen molar-refractivity contribution in [3.05, 3.63) is 0 Å². The third-order valence-corrected chi connectivity index (χ3v) is 7.70. The first-order valence-corrected chi connectivity index (χ1v) is 13.7. The first-order chi connectivity index (χ1) is 25.3. The minimum Gasteiger partial charge on any atom is -0.544 e. The smallest absolute Gasteiger partial charge is 0.460 e. The predicted octanol–water partition coefficient (Wildman–Crippen LogP) is 8.66. The van der Waals surface area contributed by atoms with Crippen molar-refractivity contribution in [1.29, 1.82) is 0 Å². The van der Waals surface area contributed by atoms with Gasteiger partial charge in [0.05, 0.1) is 20.1 Å². The van der Waals surface area contributed by atoms with E-state index in [9.17, 15) is 160 Å². The van der Waals surface area contributed by atoms with Crippen LogP contribution < -0.4 is 5.11 Å². The number of carboxylic acids is 1. The summed E-state index contributed by atoms with van der Waals surface area (Å²) in [7, 11) is 1.08. The zero-order chi connectivity index (χ0) is 49.8. The molecule has 0 saturated heterocycles. The second-order valence-electron chi connectivity index (χ2n) is 12.8. The van der Waals surface area contributed by atoms with Crippen LogP contribution in [0.15, 0.2) is 0 Å². The number of halogens is 33. The number of carboxylic acid groups (broad SMARTS) is 1. The van der Waals surface area contributed by atoms with E-state index in [-0.39, 0.29) is 0 Å². The third-order valence-electron chi connectivity index (χ3n) is 7.70. The Morgan fingerprint density at radius 2 is 0.583 bits per heavy atom. The predicted molar refractivity (Wildman–Crippen MR) is 118 cm³/mol. The Morgan fingerprint density at radius 1 is 0.400 bits per heavy atom. The third kappa shape index (κ3) is 7.45. The van der Waals surface area contributed by atoms with E-state index < -0.39 is 131 Å². The van der Waals surface area contributed by atoms with Gasteiger partial charge in [-0.3, -0.25) is 0 Å². The van der Waals surface area contributed by atoms with Crippen LogP contribution in [0.4, 0.5) is 145 Å². The van der Waals surface area contributed by atoms with E-state index >= 15 is 0 Å². The molecule has 0 aromatic rings. The number of likely N-dealkylation sites (N-methyl/N-ethyl adjacent to an activating group) is 1. The summed E-state index contributed by atoms with van der Waals surface area (Å²) in [6.07, 6.45) is -15.4. The van der Waals surface area contributed by atoms with Gasteiger partial charge in [0.25, 0.3) is 0 Å². The molecular formula is C23H14F33NO3. The van der Waals surface area contributed by atoms with Crippen LogP contribution in [0, 0.1) is 0 Å². The lowest BCUT2D eigenvalue weighted by Crippen LogP contribution is -2.80. The molecule has 0 aliphatic heterocycles. The Morgan fingerprint density at radius 3 is 0.767 bits per heavy atom. The Hall–Kier alpha value is -2.92. The number of nitrogens with zero attached hydrogens (tertiary/aromatic N) is 1. The Bertz CT molecular complexity index is 1560. The second-order valence-corrected chi connectivity index (χ2v) is 12.8.